The summed E-state index contributed by atoms with van der Waals surface area (Å²) in [4.78, 5) is 4.57. The fraction of sp³-hybridized carbons (Fsp3) is 0.286. The molecular weight excluding hydrogens is 312 g/mol. The third-order valence-corrected chi connectivity index (χ3v) is 4.44. The number of hydrogen-bond donors (Lipinski definition) is 1. The molecule has 1 fully saturated rings. The smallest absolute Gasteiger partial charge is 0.219 e. The van der Waals surface area contributed by atoms with Crippen LogP contribution in [0.5, 0.6) is 17.4 Å². The first-order valence-electron chi connectivity index (χ1n) is 8.74. The molecule has 2 N–H and O–H groups in total. The van der Waals surface area contributed by atoms with Crippen LogP contribution in [0.15, 0.2) is 54.6 Å². The number of rotatable bonds is 6. The summed E-state index contributed by atoms with van der Waals surface area (Å²) in [6.45, 7) is 2.79. The zero-order chi connectivity index (χ0) is 17.2. The topological polar surface area (TPSA) is 57.4 Å². The first kappa shape index (κ1) is 15.9. The van der Waals surface area contributed by atoms with Crippen molar-refractivity contribution in [1.82, 2.24) is 4.98 Å². The maximum absolute atomic E-state index is 5.94. The van der Waals surface area contributed by atoms with Gasteiger partial charge in [-0.3, -0.25) is 0 Å². The Balaban J connectivity index is 1.46. The molecule has 0 aliphatic heterocycles. The Morgan fingerprint density at radius 1 is 1.04 bits per heavy atom. The van der Waals surface area contributed by atoms with Crippen molar-refractivity contribution in [3.63, 3.8) is 0 Å². The van der Waals surface area contributed by atoms with Crippen molar-refractivity contribution in [2.45, 2.75) is 25.8 Å². The Hall–Kier alpha value is -2.59. The average molecular weight is 334 g/mol. The lowest BCUT2D eigenvalue weighted by Gasteiger charge is -2.09. The number of nitrogens with two attached hydrogens (primary N) is 1. The lowest BCUT2D eigenvalue weighted by atomic mass is 10.1. The first-order valence-corrected chi connectivity index (χ1v) is 8.74. The highest BCUT2D eigenvalue weighted by Crippen LogP contribution is 2.30. The van der Waals surface area contributed by atoms with Crippen LogP contribution in [0.1, 0.15) is 31.4 Å². The minimum Gasteiger partial charge on any atom is -0.493 e. The van der Waals surface area contributed by atoms with Crippen molar-refractivity contribution in [3.8, 4) is 17.4 Å². The second-order valence-corrected chi connectivity index (χ2v) is 6.72. The fourth-order valence-electron chi connectivity index (χ4n) is 2.69. The van der Waals surface area contributed by atoms with E-state index in [9.17, 15) is 0 Å². The van der Waals surface area contributed by atoms with Gasteiger partial charge in [-0.2, -0.15) is 0 Å². The van der Waals surface area contributed by atoms with Crippen LogP contribution in [-0.4, -0.2) is 11.6 Å². The minimum atomic E-state index is 0.0148. The molecule has 1 aromatic heterocycles. The first-order chi connectivity index (χ1) is 12.2. The van der Waals surface area contributed by atoms with E-state index in [1.807, 2.05) is 55.5 Å². The molecule has 0 radical (unpaired) electrons. The summed E-state index contributed by atoms with van der Waals surface area (Å²) in [5.41, 5.74) is 7.93. The molecule has 1 atom stereocenters. The predicted octanol–water partition coefficient (Wildman–Crippen LogP) is 4.84. The van der Waals surface area contributed by atoms with Crippen LogP contribution in [0.2, 0.25) is 0 Å². The van der Waals surface area contributed by atoms with Crippen molar-refractivity contribution >= 4 is 10.9 Å². The van der Waals surface area contributed by atoms with Crippen molar-refractivity contribution in [2.24, 2.45) is 11.7 Å². The molecule has 0 spiro atoms. The predicted molar refractivity (Wildman–Crippen MR) is 99.1 cm³/mol. The summed E-state index contributed by atoms with van der Waals surface area (Å²) in [5.74, 6) is 2.96. The van der Waals surface area contributed by atoms with Gasteiger partial charge < -0.3 is 15.2 Å². The third-order valence-electron chi connectivity index (χ3n) is 4.44. The molecule has 4 rings (SSSR count). The highest BCUT2D eigenvalue weighted by atomic mass is 16.5. The molecule has 1 aliphatic carbocycles. The molecular formula is C21H22N2O2. The fourth-order valence-corrected chi connectivity index (χ4v) is 2.69. The van der Waals surface area contributed by atoms with Gasteiger partial charge in [-0.05, 0) is 73.7 Å². The summed E-state index contributed by atoms with van der Waals surface area (Å²) < 4.78 is 11.6. The highest BCUT2D eigenvalue weighted by Gasteiger charge is 2.21. The van der Waals surface area contributed by atoms with E-state index in [0.29, 0.717) is 5.88 Å². The number of pyridine rings is 1. The van der Waals surface area contributed by atoms with Crippen LogP contribution in [0.4, 0.5) is 0 Å². The number of aromatic nitrogens is 1. The van der Waals surface area contributed by atoms with Crippen LogP contribution >= 0.6 is 0 Å². The zero-order valence-electron chi connectivity index (χ0n) is 14.3. The normalized spacial score (nSPS) is 15.1. The largest absolute Gasteiger partial charge is 0.493 e. The van der Waals surface area contributed by atoms with Crippen molar-refractivity contribution < 1.29 is 9.47 Å². The molecule has 4 heteroatoms. The van der Waals surface area contributed by atoms with Gasteiger partial charge in [0.15, 0.2) is 0 Å². The average Bonchev–Trinajstić information content (AvgIpc) is 3.45. The summed E-state index contributed by atoms with van der Waals surface area (Å²) in [5, 5.41) is 1.06. The Morgan fingerprint density at radius 3 is 2.52 bits per heavy atom. The molecule has 1 unspecified atom stereocenters. The summed E-state index contributed by atoms with van der Waals surface area (Å²) in [6.07, 6.45) is 2.58. The Kier molecular flexibility index (Phi) is 4.28. The summed E-state index contributed by atoms with van der Waals surface area (Å²) in [7, 11) is 0. The molecule has 0 amide bonds. The maximum atomic E-state index is 5.94. The van der Waals surface area contributed by atoms with E-state index in [2.05, 4.69) is 11.1 Å². The van der Waals surface area contributed by atoms with Gasteiger partial charge in [0.05, 0.1) is 12.1 Å². The van der Waals surface area contributed by atoms with E-state index < -0.39 is 0 Å². The van der Waals surface area contributed by atoms with Gasteiger partial charge in [-0.25, -0.2) is 4.98 Å². The van der Waals surface area contributed by atoms with Gasteiger partial charge in [-0.1, -0.05) is 6.07 Å². The lowest BCUT2D eigenvalue weighted by Crippen LogP contribution is -2.04. The van der Waals surface area contributed by atoms with Crippen LogP contribution in [0, 0.1) is 5.92 Å². The van der Waals surface area contributed by atoms with Gasteiger partial charge in [0.2, 0.25) is 5.88 Å². The van der Waals surface area contributed by atoms with E-state index >= 15 is 0 Å². The zero-order valence-corrected chi connectivity index (χ0v) is 14.3. The third kappa shape index (κ3) is 3.91. The Bertz CT molecular complexity index is 871. The van der Waals surface area contributed by atoms with Gasteiger partial charge >= 0.3 is 0 Å². The van der Waals surface area contributed by atoms with Crippen LogP contribution in [0.25, 0.3) is 10.9 Å². The monoisotopic (exact) mass is 334 g/mol. The maximum Gasteiger partial charge on any atom is 0.219 e. The van der Waals surface area contributed by atoms with Gasteiger partial charge in [0.1, 0.15) is 11.5 Å². The molecule has 4 nitrogen and oxygen atoms in total. The van der Waals surface area contributed by atoms with Gasteiger partial charge in [-0.15, -0.1) is 0 Å². The molecule has 1 saturated carbocycles. The molecule has 0 saturated heterocycles. The standard InChI is InChI=1S/C21H22N2O2/c1-14(22)16-4-10-20-17(12-16)5-11-21(23-20)25-19-8-6-18(7-9-19)24-13-15-2-3-15/h4-12,14-15H,2-3,13,22H2,1H3. The van der Waals surface area contributed by atoms with Crippen molar-refractivity contribution in [2.75, 3.05) is 6.61 Å². The summed E-state index contributed by atoms with van der Waals surface area (Å²) in [6, 6.07) is 17.7. The lowest BCUT2D eigenvalue weighted by molar-refractivity contribution is 0.299. The number of ether oxygens (including phenoxy) is 2. The van der Waals surface area contributed by atoms with Gasteiger partial charge in [0, 0.05) is 17.5 Å². The van der Waals surface area contributed by atoms with Crippen LogP contribution in [-0.2, 0) is 0 Å². The molecule has 2 aromatic carbocycles. The van der Waals surface area contributed by atoms with Crippen molar-refractivity contribution in [3.05, 3.63) is 60.2 Å². The van der Waals surface area contributed by atoms with E-state index in [1.54, 1.807) is 0 Å². The van der Waals surface area contributed by atoms with Gasteiger partial charge in [0.25, 0.3) is 0 Å². The number of fused-ring (bicyclic) bond motifs is 1. The Labute approximate surface area is 147 Å². The molecule has 25 heavy (non-hydrogen) atoms. The highest BCUT2D eigenvalue weighted by molar-refractivity contribution is 5.80. The van der Waals surface area contributed by atoms with E-state index in [-0.39, 0.29) is 6.04 Å². The van der Waals surface area contributed by atoms with E-state index in [1.165, 1.54) is 12.8 Å². The molecule has 0 bridgehead atoms. The number of nitrogens with zero attached hydrogens (tertiary/aromatic N) is 1. The SMILES string of the molecule is CC(N)c1ccc2nc(Oc3ccc(OCC4CC4)cc3)ccc2c1. The Morgan fingerprint density at radius 2 is 1.80 bits per heavy atom. The van der Waals surface area contributed by atoms with Crippen molar-refractivity contribution in [1.29, 1.82) is 0 Å². The van der Waals surface area contributed by atoms with E-state index in [4.69, 9.17) is 15.2 Å². The van der Waals surface area contributed by atoms with Crippen LogP contribution < -0.4 is 15.2 Å². The second-order valence-electron chi connectivity index (χ2n) is 6.72. The number of benzene rings is 2. The molecule has 3 aromatic rings. The van der Waals surface area contributed by atoms with Crippen LogP contribution in [0.3, 0.4) is 0 Å². The second kappa shape index (κ2) is 6.73. The minimum absolute atomic E-state index is 0.0148. The quantitative estimate of drug-likeness (QED) is 0.701. The summed E-state index contributed by atoms with van der Waals surface area (Å²) >= 11 is 0. The molecule has 1 aliphatic rings. The van der Waals surface area contributed by atoms with E-state index in [0.717, 1.165) is 40.5 Å². The molecule has 128 valence electrons. The number of hydrogen-bond acceptors (Lipinski definition) is 4. The molecule has 1 heterocycles.